The maximum atomic E-state index is 12.4. The number of carboxylic acids is 1. The molecule has 0 aliphatic heterocycles. The van der Waals surface area contributed by atoms with Gasteiger partial charge < -0.3 is 15.9 Å². The first kappa shape index (κ1) is 14.7. The van der Waals surface area contributed by atoms with E-state index in [0.717, 1.165) is 0 Å². The molecule has 4 N–H and O–H groups in total. The Morgan fingerprint density at radius 2 is 1.95 bits per heavy atom. The Kier molecular flexibility index (Phi) is 3.65. The van der Waals surface area contributed by atoms with Crippen LogP contribution in [0.3, 0.4) is 0 Å². The number of nitro benzene ring substituents is 1. The summed E-state index contributed by atoms with van der Waals surface area (Å²) in [5, 5.41) is 28.6. The Morgan fingerprint density at radius 3 is 2.32 bits per heavy atom. The number of rotatable bonds is 3. The van der Waals surface area contributed by atoms with Crippen LogP contribution in [0.4, 0.5) is 18.9 Å². The number of carbonyl (C=O) groups is 1. The summed E-state index contributed by atoms with van der Waals surface area (Å²) in [6, 6.07) is -1.84. The molecule has 1 rings (SSSR count). The van der Waals surface area contributed by atoms with E-state index < -0.39 is 45.7 Å². The number of phenols is 1. The van der Waals surface area contributed by atoms with Crippen molar-refractivity contribution in [2.45, 2.75) is 12.2 Å². The van der Waals surface area contributed by atoms with Crippen LogP contribution in [0.1, 0.15) is 22.0 Å². The van der Waals surface area contributed by atoms with Crippen LogP contribution in [0.25, 0.3) is 0 Å². The summed E-state index contributed by atoms with van der Waals surface area (Å²) in [7, 11) is 0. The van der Waals surface area contributed by atoms with Crippen LogP contribution < -0.4 is 5.73 Å². The summed E-state index contributed by atoms with van der Waals surface area (Å²) in [5.41, 5.74) is 1.80. The highest BCUT2D eigenvalue weighted by Crippen LogP contribution is 2.40. The Bertz CT molecular complexity index is 543. The number of carboxylic acid groups (broad SMARTS) is 1. The second-order valence-electron chi connectivity index (χ2n) is 3.51. The summed E-state index contributed by atoms with van der Waals surface area (Å²) in [6.45, 7) is 0. The van der Waals surface area contributed by atoms with E-state index in [0.29, 0.717) is 12.1 Å². The zero-order chi connectivity index (χ0) is 15.0. The number of halogens is 3. The standard InChI is InChI=1S/C9H7F3N2O5/c10-9(11,12)7(13)4-1-3(8(16)17)2-5(6(4)15)14(18)19/h1-2,7,15H,13H2,(H,16,17)/t7-/m1/s1. The third-order valence-electron chi connectivity index (χ3n) is 2.25. The van der Waals surface area contributed by atoms with Gasteiger partial charge in [0.2, 0.25) is 0 Å². The number of nitro groups is 1. The summed E-state index contributed by atoms with van der Waals surface area (Å²) >= 11 is 0. The minimum Gasteiger partial charge on any atom is -0.502 e. The lowest BCUT2D eigenvalue weighted by atomic mass is 10.0. The van der Waals surface area contributed by atoms with Gasteiger partial charge in [-0.2, -0.15) is 13.2 Å². The smallest absolute Gasteiger partial charge is 0.407 e. The monoisotopic (exact) mass is 280 g/mol. The maximum Gasteiger partial charge on any atom is 0.407 e. The van der Waals surface area contributed by atoms with Crippen LogP contribution in [-0.2, 0) is 0 Å². The molecule has 0 heterocycles. The van der Waals surface area contributed by atoms with E-state index in [1.165, 1.54) is 0 Å². The van der Waals surface area contributed by atoms with Crippen molar-refractivity contribution in [3.05, 3.63) is 33.4 Å². The Balaban J connectivity index is 3.55. The molecule has 0 fully saturated rings. The lowest BCUT2D eigenvalue weighted by molar-refractivity contribution is -0.386. The van der Waals surface area contributed by atoms with Crippen molar-refractivity contribution in [3.8, 4) is 5.75 Å². The molecular weight excluding hydrogens is 273 g/mol. The van der Waals surface area contributed by atoms with Crippen LogP contribution in [0.5, 0.6) is 5.75 Å². The summed E-state index contributed by atoms with van der Waals surface area (Å²) in [5.74, 6) is -2.99. The molecule has 0 spiro atoms. The highest BCUT2D eigenvalue weighted by atomic mass is 19.4. The molecule has 1 aromatic carbocycles. The van der Waals surface area contributed by atoms with E-state index in [-0.39, 0.29) is 0 Å². The van der Waals surface area contributed by atoms with Crippen LogP contribution in [0, 0.1) is 10.1 Å². The lowest BCUT2D eigenvalue weighted by Gasteiger charge is -2.17. The zero-order valence-corrected chi connectivity index (χ0v) is 9.01. The lowest BCUT2D eigenvalue weighted by Crippen LogP contribution is -2.28. The Labute approximate surface area is 103 Å². The van der Waals surface area contributed by atoms with Gasteiger partial charge in [-0.15, -0.1) is 0 Å². The quantitative estimate of drug-likeness (QED) is 0.569. The Hall–Kier alpha value is -2.36. The fraction of sp³-hybridized carbons (Fsp3) is 0.222. The molecule has 0 aliphatic carbocycles. The van der Waals surface area contributed by atoms with Crippen molar-refractivity contribution in [1.82, 2.24) is 0 Å². The Morgan fingerprint density at radius 1 is 1.42 bits per heavy atom. The number of benzene rings is 1. The molecule has 0 unspecified atom stereocenters. The number of nitrogens with zero attached hydrogens (tertiary/aromatic N) is 1. The third-order valence-corrected chi connectivity index (χ3v) is 2.25. The van der Waals surface area contributed by atoms with Crippen molar-refractivity contribution >= 4 is 11.7 Å². The van der Waals surface area contributed by atoms with Gasteiger partial charge in [-0.25, -0.2) is 4.79 Å². The largest absolute Gasteiger partial charge is 0.502 e. The average molecular weight is 280 g/mol. The molecule has 0 amide bonds. The fourth-order valence-electron chi connectivity index (χ4n) is 1.32. The van der Waals surface area contributed by atoms with Crippen LogP contribution in [0.2, 0.25) is 0 Å². The third kappa shape index (κ3) is 2.91. The van der Waals surface area contributed by atoms with E-state index >= 15 is 0 Å². The molecule has 0 bridgehead atoms. The van der Waals surface area contributed by atoms with Gasteiger partial charge in [-0.05, 0) is 6.07 Å². The molecule has 1 aromatic rings. The van der Waals surface area contributed by atoms with Gasteiger partial charge in [-0.1, -0.05) is 0 Å². The first-order chi connectivity index (χ1) is 8.55. The van der Waals surface area contributed by atoms with Crippen LogP contribution in [-0.4, -0.2) is 27.3 Å². The van der Waals surface area contributed by atoms with Gasteiger partial charge in [0.25, 0.3) is 0 Å². The molecule has 0 saturated carbocycles. The van der Waals surface area contributed by atoms with Gasteiger partial charge in [0.1, 0.15) is 6.04 Å². The number of hydrogen-bond acceptors (Lipinski definition) is 5. The van der Waals surface area contributed by atoms with Crippen LogP contribution in [0.15, 0.2) is 12.1 Å². The number of phenolic OH excluding ortho intramolecular Hbond substituents is 1. The van der Waals surface area contributed by atoms with Gasteiger partial charge in [0.05, 0.1) is 10.5 Å². The number of aromatic carboxylic acids is 1. The SMILES string of the molecule is N[C@H](c1cc(C(=O)O)cc([N+](=O)[O-])c1O)C(F)(F)F. The molecule has 1 atom stereocenters. The maximum absolute atomic E-state index is 12.4. The molecular formula is C9H7F3N2O5. The number of aromatic hydroxyl groups is 1. The van der Waals surface area contributed by atoms with Gasteiger partial charge in [-0.3, -0.25) is 10.1 Å². The zero-order valence-electron chi connectivity index (χ0n) is 9.01. The van der Waals surface area contributed by atoms with Crippen molar-refractivity contribution in [2.24, 2.45) is 5.73 Å². The van der Waals surface area contributed by atoms with E-state index in [1.807, 2.05) is 0 Å². The van der Waals surface area contributed by atoms with E-state index in [2.05, 4.69) is 0 Å². The van der Waals surface area contributed by atoms with Crippen molar-refractivity contribution < 1.29 is 33.1 Å². The van der Waals surface area contributed by atoms with E-state index in [9.17, 15) is 33.2 Å². The minimum atomic E-state index is -4.98. The molecule has 19 heavy (non-hydrogen) atoms. The van der Waals surface area contributed by atoms with Gasteiger partial charge in [0, 0.05) is 11.6 Å². The molecule has 10 heteroatoms. The molecule has 7 nitrogen and oxygen atoms in total. The molecule has 104 valence electrons. The summed E-state index contributed by atoms with van der Waals surface area (Å²) < 4.78 is 37.3. The van der Waals surface area contributed by atoms with Crippen molar-refractivity contribution in [1.29, 1.82) is 0 Å². The van der Waals surface area contributed by atoms with Gasteiger partial charge in [0.15, 0.2) is 5.75 Å². The van der Waals surface area contributed by atoms with Crippen LogP contribution >= 0.6 is 0 Å². The fourth-order valence-corrected chi connectivity index (χ4v) is 1.32. The first-order valence-corrected chi connectivity index (χ1v) is 4.62. The molecule has 0 aliphatic rings. The second-order valence-corrected chi connectivity index (χ2v) is 3.51. The molecule has 0 radical (unpaired) electrons. The minimum absolute atomic E-state index is 0.447. The van der Waals surface area contributed by atoms with Gasteiger partial charge >= 0.3 is 17.8 Å². The van der Waals surface area contributed by atoms with E-state index in [4.69, 9.17) is 10.8 Å². The highest BCUT2D eigenvalue weighted by molar-refractivity contribution is 5.89. The molecule has 0 saturated heterocycles. The predicted octanol–water partition coefficient (Wildman–Crippen LogP) is 1.56. The number of hydrogen-bond donors (Lipinski definition) is 3. The topological polar surface area (TPSA) is 127 Å². The van der Waals surface area contributed by atoms with Crippen molar-refractivity contribution in [2.75, 3.05) is 0 Å². The highest BCUT2D eigenvalue weighted by Gasteiger charge is 2.41. The first-order valence-electron chi connectivity index (χ1n) is 4.62. The normalized spacial score (nSPS) is 13.1. The average Bonchev–Trinajstić information content (AvgIpc) is 2.26. The summed E-state index contributed by atoms with van der Waals surface area (Å²) in [6.07, 6.45) is -4.98. The van der Waals surface area contributed by atoms with E-state index in [1.54, 1.807) is 0 Å². The molecule has 0 aromatic heterocycles. The number of alkyl halides is 3. The number of nitrogens with two attached hydrogens (primary N) is 1. The summed E-state index contributed by atoms with van der Waals surface area (Å²) in [4.78, 5) is 20.0. The predicted molar refractivity (Wildman–Crippen MR) is 54.7 cm³/mol. The van der Waals surface area contributed by atoms with Crippen molar-refractivity contribution in [3.63, 3.8) is 0 Å². The second kappa shape index (κ2) is 4.72.